The summed E-state index contributed by atoms with van der Waals surface area (Å²) in [6.45, 7) is 2.09. The lowest BCUT2D eigenvalue weighted by atomic mass is 10.0. The first-order valence-corrected chi connectivity index (χ1v) is 8.86. The van der Waals surface area contributed by atoms with Gasteiger partial charge in [0.2, 0.25) is 5.91 Å². The van der Waals surface area contributed by atoms with Crippen molar-refractivity contribution in [1.29, 1.82) is 0 Å². The Morgan fingerprint density at radius 2 is 2.31 bits per heavy atom. The molecule has 4 atom stereocenters. The van der Waals surface area contributed by atoms with Gasteiger partial charge in [0.15, 0.2) is 5.67 Å². The van der Waals surface area contributed by atoms with Crippen LogP contribution in [0.3, 0.4) is 0 Å². The van der Waals surface area contributed by atoms with E-state index in [1.54, 1.807) is 24.4 Å². The van der Waals surface area contributed by atoms with Crippen molar-refractivity contribution in [3.63, 3.8) is 0 Å². The van der Waals surface area contributed by atoms with E-state index >= 15 is 0 Å². The second-order valence-corrected chi connectivity index (χ2v) is 7.43. The van der Waals surface area contributed by atoms with E-state index in [1.165, 1.54) is 13.1 Å². The predicted molar refractivity (Wildman–Crippen MR) is 98.6 cm³/mol. The van der Waals surface area contributed by atoms with Crippen LogP contribution in [0.2, 0.25) is 0 Å². The van der Waals surface area contributed by atoms with Crippen LogP contribution < -0.4 is 16.0 Å². The molecule has 4 unspecified atom stereocenters. The average molecular weight is 379 g/mol. The molecule has 26 heavy (non-hydrogen) atoms. The van der Waals surface area contributed by atoms with Crippen LogP contribution in [0.1, 0.15) is 13.3 Å². The van der Waals surface area contributed by atoms with Gasteiger partial charge in [-0.3, -0.25) is 15.1 Å². The molecule has 1 fully saturated rings. The topological polar surface area (TPSA) is 81.1 Å². The maximum absolute atomic E-state index is 15.0. The number of dihydropyridines is 1. The zero-order valence-electron chi connectivity index (χ0n) is 14.5. The van der Waals surface area contributed by atoms with Crippen molar-refractivity contribution < 1.29 is 9.18 Å². The summed E-state index contributed by atoms with van der Waals surface area (Å²) < 4.78 is 15.0. The molecular formula is C17H20ClFN6O. The second kappa shape index (κ2) is 6.21. The van der Waals surface area contributed by atoms with E-state index in [-0.39, 0.29) is 12.1 Å². The molecule has 4 rings (SSSR count). The molecule has 0 spiro atoms. The van der Waals surface area contributed by atoms with Gasteiger partial charge >= 0.3 is 0 Å². The number of carbonyl (C=O) groups is 1. The minimum atomic E-state index is -1.74. The van der Waals surface area contributed by atoms with Crippen LogP contribution in [-0.2, 0) is 4.79 Å². The summed E-state index contributed by atoms with van der Waals surface area (Å²) in [5.74, 6) is 0.472. The molecule has 0 aromatic carbocycles. The Labute approximate surface area is 155 Å². The third-order valence-electron chi connectivity index (χ3n) is 4.97. The summed E-state index contributed by atoms with van der Waals surface area (Å²) in [6.07, 6.45) is 6.11. The van der Waals surface area contributed by atoms with Gasteiger partial charge in [-0.05, 0) is 19.4 Å². The van der Waals surface area contributed by atoms with E-state index in [2.05, 4.69) is 25.9 Å². The number of hydrogen-bond donors (Lipinski definition) is 3. The van der Waals surface area contributed by atoms with Gasteiger partial charge in [0.05, 0.1) is 11.1 Å². The molecule has 1 amide bonds. The van der Waals surface area contributed by atoms with Crippen LogP contribution in [0, 0.1) is 0 Å². The Balaban J connectivity index is 1.61. The van der Waals surface area contributed by atoms with Gasteiger partial charge in [-0.2, -0.15) is 0 Å². The number of halogens is 2. The number of carbonyl (C=O) groups excluding carboxylic acids is 1. The number of amides is 1. The summed E-state index contributed by atoms with van der Waals surface area (Å²) in [5.41, 5.74) is -0.116. The van der Waals surface area contributed by atoms with Gasteiger partial charge < -0.3 is 15.5 Å². The van der Waals surface area contributed by atoms with E-state index < -0.39 is 17.9 Å². The Kier molecular flexibility index (Phi) is 4.11. The fourth-order valence-electron chi connectivity index (χ4n) is 3.40. The van der Waals surface area contributed by atoms with Crippen molar-refractivity contribution in [2.24, 2.45) is 9.98 Å². The number of aliphatic imine (C=N–C) groups is 2. The number of allylic oxidation sites excluding steroid dienone is 2. The number of fused-ring (bicyclic) bond motifs is 1. The molecule has 0 bridgehead atoms. The average Bonchev–Trinajstić information content (AvgIpc) is 3.14. The zero-order chi connectivity index (χ0) is 18.5. The van der Waals surface area contributed by atoms with Crippen LogP contribution in [0.25, 0.3) is 0 Å². The summed E-state index contributed by atoms with van der Waals surface area (Å²) >= 11 is 6.08. The molecule has 0 aromatic rings. The van der Waals surface area contributed by atoms with Gasteiger partial charge in [0.1, 0.15) is 18.2 Å². The lowest BCUT2D eigenvalue weighted by molar-refractivity contribution is -0.128. The number of nitrogens with one attached hydrogen (secondary N) is 3. The third-order valence-corrected chi connectivity index (χ3v) is 5.19. The monoisotopic (exact) mass is 378 g/mol. The molecule has 4 heterocycles. The summed E-state index contributed by atoms with van der Waals surface area (Å²) in [6, 6.07) is -0.414. The van der Waals surface area contributed by atoms with Crippen molar-refractivity contribution in [2.75, 3.05) is 13.6 Å². The van der Waals surface area contributed by atoms with Gasteiger partial charge in [-0.25, -0.2) is 9.38 Å². The van der Waals surface area contributed by atoms with Crippen molar-refractivity contribution >= 4 is 29.9 Å². The molecule has 0 radical (unpaired) electrons. The van der Waals surface area contributed by atoms with E-state index in [0.717, 1.165) is 11.1 Å². The predicted octanol–water partition coefficient (Wildman–Crippen LogP) is 0.767. The quantitative estimate of drug-likeness (QED) is 0.663. The molecule has 0 aliphatic carbocycles. The SMILES string of the molecule is CN1CCC(NC2NC(=C3C=NC4NC=C(Cl)C=C34)N=CC2(C)F)C1=O. The first-order chi connectivity index (χ1) is 12.3. The highest BCUT2D eigenvalue weighted by atomic mass is 35.5. The van der Waals surface area contributed by atoms with E-state index in [4.69, 9.17) is 11.6 Å². The molecule has 1 saturated heterocycles. The zero-order valence-corrected chi connectivity index (χ0v) is 15.2. The van der Waals surface area contributed by atoms with E-state index in [9.17, 15) is 9.18 Å². The van der Waals surface area contributed by atoms with Crippen molar-refractivity contribution in [3.8, 4) is 0 Å². The molecular weight excluding hydrogens is 359 g/mol. The lowest BCUT2D eigenvalue weighted by Crippen LogP contribution is -2.61. The summed E-state index contributed by atoms with van der Waals surface area (Å²) in [4.78, 5) is 22.4. The third kappa shape index (κ3) is 2.93. The normalized spacial score (nSPS) is 38.7. The van der Waals surface area contributed by atoms with Crippen LogP contribution in [0.15, 0.2) is 44.3 Å². The minimum absolute atomic E-state index is 0.0297. The van der Waals surface area contributed by atoms with Crippen LogP contribution in [0.4, 0.5) is 4.39 Å². The van der Waals surface area contributed by atoms with Gasteiger partial charge in [-0.15, -0.1) is 0 Å². The number of alkyl halides is 1. The van der Waals surface area contributed by atoms with Gasteiger partial charge in [0.25, 0.3) is 0 Å². The van der Waals surface area contributed by atoms with Crippen molar-refractivity contribution in [3.05, 3.63) is 34.3 Å². The highest BCUT2D eigenvalue weighted by Gasteiger charge is 2.41. The molecule has 0 aromatic heterocycles. The smallest absolute Gasteiger partial charge is 0.239 e. The Bertz CT molecular complexity index is 799. The summed E-state index contributed by atoms with van der Waals surface area (Å²) in [5, 5.41) is 9.84. The first-order valence-electron chi connectivity index (χ1n) is 8.48. The summed E-state index contributed by atoms with van der Waals surface area (Å²) in [7, 11) is 1.75. The highest BCUT2D eigenvalue weighted by Crippen LogP contribution is 2.30. The molecule has 3 N–H and O–H groups in total. The Hall–Kier alpha value is -2.19. The fourth-order valence-corrected chi connectivity index (χ4v) is 3.58. The number of likely N-dealkylation sites (tertiary alicyclic amines) is 1. The Morgan fingerprint density at radius 1 is 1.50 bits per heavy atom. The van der Waals surface area contributed by atoms with Gasteiger partial charge in [0, 0.05) is 43.4 Å². The minimum Gasteiger partial charge on any atom is -0.365 e. The van der Waals surface area contributed by atoms with Crippen molar-refractivity contribution in [1.82, 2.24) is 20.9 Å². The number of rotatable bonds is 2. The van der Waals surface area contributed by atoms with Crippen molar-refractivity contribution in [2.45, 2.75) is 37.4 Å². The molecule has 0 saturated carbocycles. The number of hydrogen-bond acceptors (Lipinski definition) is 6. The Morgan fingerprint density at radius 3 is 3.04 bits per heavy atom. The number of likely N-dealkylation sites (N-methyl/N-ethyl adjacent to an activating group) is 1. The number of nitrogens with zero attached hydrogens (tertiary/aromatic N) is 3. The van der Waals surface area contributed by atoms with Crippen LogP contribution in [0.5, 0.6) is 0 Å². The van der Waals surface area contributed by atoms with E-state index in [0.29, 0.717) is 23.8 Å². The largest absolute Gasteiger partial charge is 0.365 e. The molecule has 138 valence electrons. The standard InChI is InChI=1S/C17H20ClFN6O/c1-17(19)8-22-14(11-7-21-13-10(11)5-9(18)6-20-13)24-16(17)23-12-3-4-25(2)15(12)26/h5-8,12-13,16,20,23-24H,3-4H2,1-2H3. The van der Waals surface area contributed by atoms with Crippen LogP contribution >= 0.6 is 11.6 Å². The maximum Gasteiger partial charge on any atom is 0.239 e. The first kappa shape index (κ1) is 17.2. The highest BCUT2D eigenvalue weighted by molar-refractivity contribution is 6.31. The molecule has 4 aliphatic heterocycles. The lowest BCUT2D eigenvalue weighted by Gasteiger charge is -2.35. The molecule has 9 heteroatoms. The fraction of sp³-hybridized carbons (Fsp3) is 0.471. The molecule has 7 nitrogen and oxygen atoms in total. The van der Waals surface area contributed by atoms with E-state index in [1.807, 2.05) is 6.08 Å². The second-order valence-electron chi connectivity index (χ2n) is 6.99. The maximum atomic E-state index is 15.0. The molecule has 4 aliphatic rings. The van der Waals surface area contributed by atoms with Crippen LogP contribution in [-0.4, -0.2) is 60.9 Å². The van der Waals surface area contributed by atoms with Gasteiger partial charge in [-0.1, -0.05) is 11.6 Å².